The van der Waals surface area contributed by atoms with Crippen molar-refractivity contribution >= 4 is 23.4 Å². The first kappa shape index (κ1) is 12.0. The number of hydrogen-bond donors (Lipinski definition) is 1. The Bertz CT molecular complexity index is 703. The number of thioether (sulfide) groups is 1. The average Bonchev–Trinajstić information content (AvgIpc) is 2.90. The van der Waals surface area contributed by atoms with Gasteiger partial charge in [0.1, 0.15) is 5.82 Å². The van der Waals surface area contributed by atoms with Gasteiger partial charge < -0.3 is 5.32 Å². The van der Waals surface area contributed by atoms with E-state index in [0.717, 1.165) is 17.1 Å². The molecule has 0 atom stereocenters. The minimum atomic E-state index is 0.704. The summed E-state index contributed by atoms with van der Waals surface area (Å²) in [4.78, 5) is 10.2. The summed E-state index contributed by atoms with van der Waals surface area (Å²) in [5.74, 6) is 1.53. The van der Waals surface area contributed by atoms with E-state index in [-0.39, 0.29) is 0 Å². The quantitative estimate of drug-likeness (QED) is 0.742. The number of nitrogens with one attached hydrogen (secondary N) is 1. The molecule has 0 amide bonds. The van der Waals surface area contributed by atoms with E-state index in [1.807, 2.05) is 29.9 Å². The van der Waals surface area contributed by atoms with Crippen molar-refractivity contribution in [3.05, 3.63) is 42.7 Å². The SMILES string of the molecule is CNc1ccn2cc(-c3ccc(SC)cc3)nc2n1. The molecule has 3 aromatic rings. The lowest BCUT2D eigenvalue weighted by molar-refractivity contribution is 1.11. The fourth-order valence-corrected chi connectivity index (χ4v) is 2.32. The average molecular weight is 270 g/mol. The fraction of sp³-hybridized carbons (Fsp3) is 0.143. The summed E-state index contributed by atoms with van der Waals surface area (Å²) in [5.41, 5.74) is 2.04. The Morgan fingerprint density at radius 2 is 1.89 bits per heavy atom. The van der Waals surface area contributed by atoms with Crippen LogP contribution in [-0.2, 0) is 0 Å². The van der Waals surface area contributed by atoms with E-state index in [1.165, 1.54) is 4.90 Å². The number of fused-ring (bicyclic) bond motifs is 1. The smallest absolute Gasteiger partial charge is 0.236 e. The van der Waals surface area contributed by atoms with Gasteiger partial charge in [-0.2, -0.15) is 4.98 Å². The molecule has 1 aromatic carbocycles. The maximum atomic E-state index is 4.55. The van der Waals surface area contributed by atoms with Crippen molar-refractivity contribution in [2.75, 3.05) is 18.6 Å². The second kappa shape index (κ2) is 4.93. The summed E-state index contributed by atoms with van der Waals surface area (Å²) in [6.45, 7) is 0. The van der Waals surface area contributed by atoms with Crippen LogP contribution in [0.3, 0.4) is 0 Å². The van der Waals surface area contributed by atoms with Gasteiger partial charge in [-0.25, -0.2) is 4.98 Å². The van der Waals surface area contributed by atoms with E-state index in [2.05, 4.69) is 45.8 Å². The highest BCUT2D eigenvalue weighted by Gasteiger charge is 2.05. The van der Waals surface area contributed by atoms with E-state index in [4.69, 9.17) is 0 Å². The van der Waals surface area contributed by atoms with Gasteiger partial charge in [-0.05, 0) is 24.5 Å². The Kier molecular flexibility index (Phi) is 3.13. The number of benzene rings is 1. The molecule has 19 heavy (non-hydrogen) atoms. The first-order valence-electron chi connectivity index (χ1n) is 5.98. The number of rotatable bonds is 3. The molecule has 5 heteroatoms. The van der Waals surface area contributed by atoms with Crippen LogP contribution in [0.5, 0.6) is 0 Å². The third-order valence-corrected chi connectivity index (χ3v) is 3.71. The number of hydrogen-bond acceptors (Lipinski definition) is 4. The molecular formula is C14H14N4S. The van der Waals surface area contributed by atoms with E-state index < -0.39 is 0 Å². The molecule has 0 bridgehead atoms. The van der Waals surface area contributed by atoms with Crippen molar-refractivity contribution in [2.24, 2.45) is 0 Å². The Labute approximate surface area is 115 Å². The summed E-state index contributed by atoms with van der Waals surface area (Å²) in [7, 11) is 1.85. The van der Waals surface area contributed by atoms with E-state index >= 15 is 0 Å². The molecule has 0 aliphatic rings. The lowest BCUT2D eigenvalue weighted by Gasteiger charge is -1.98. The summed E-state index contributed by atoms with van der Waals surface area (Å²) >= 11 is 1.74. The van der Waals surface area contributed by atoms with Crippen LogP contribution in [0.2, 0.25) is 0 Å². The first-order chi connectivity index (χ1) is 9.30. The van der Waals surface area contributed by atoms with E-state index in [0.29, 0.717) is 5.78 Å². The summed E-state index contributed by atoms with van der Waals surface area (Å²) in [6.07, 6.45) is 6.03. The fourth-order valence-electron chi connectivity index (χ4n) is 1.91. The van der Waals surface area contributed by atoms with Crippen LogP contribution in [0.1, 0.15) is 0 Å². The van der Waals surface area contributed by atoms with Gasteiger partial charge in [0.25, 0.3) is 0 Å². The lowest BCUT2D eigenvalue weighted by atomic mass is 10.2. The monoisotopic (exact) mass is 270 g/mol. The van der Waals surface area contributed by atoms with Gasteiger partial charge in [-0.3, -0.25) is 4.40 Å². The van der Waals surface area contributed by atoms with Crippen LogP contribution in [0.4, 0.5) is 5.82 Å². The van der Waals surface area contributed by atoms with Gasteiger partial charge in [-0.15, -0.1) is 11.8 Å². The van der Waals surface area contributed by atoms with Gasteiger partial charge in [0.05, 0.1) is 5.69 Å². The third-order valence-electron chi connectivity index (χ3n) is 2.97. The van der Waals surface area contributed by atoms with Crippen molar-refractivity contribution in [3.63, 3.8) is 0 Å². The standard InChI is InChI=1S/C14H14N4S/c1-15-13-7-8-18-9-12(16-14(18)17-13)10-3-5-11(19-2)6-4-10/h3-9H,1-2H3,(H,15,16,17). The van der Waals surface area contributed by atoms with Gasteiger partial charge in [-0.1, -0.05) is 12.1 Å². The highest BCUT2D eigenvalue weighted by Crippen LogP contribution is 2.22. The number of imidazole rings is 1. The van der Waals surface area contributed by atoms with Crippen LogP contribution in [0.25, 0.3) is 17.0 Å². The van der Waals surface area contributed by atoms with E-state index in [1.54, 1.807) is 11.8 Å². The van der Waals surface area contributed by atoms with Crippen molar-refractivity contribution < 1.29 is 0 Å². The molecule has 2 aromatic heterocycles. The molecule has 3 rings (SSSR count). The largest absolute Gasteiger partial charge is 0.373 e. The van der Waals surface area contributed by atoms with Crippen molar-refractivity contribution in [1.29, 1.82) is 0 Å². The topological polar surface area (TPSA) is 42.2 Å². The summed E-state index contributed by atoms with van der Waals surface area (Å²) in [6, 6.07) is 10.3. The normalized spacial score (nSPS) is 10.8. The Hall–Kier alpha value is -2.01. The van der Waals surface area contributed by atoms with Gasteiger partial charge >= 0.3 is 0 Å². The van der Waals surface area contributed by atoms with Crippen LogP contribution in [0.15, 0.2) is 47.6 Å². The first-order valence-corrected chi connectivity index (χ1v) is 7.20. The van der Waals surface area contributed by atoms with Crippen LogP contribution < -0.4 is 5.32 Å². The minimum Gasteiger partial charge on any atom is -0.373 e. The zero-order chi connectivity index (χ0) is 13.2. The second-order valence-electron chi connectivity index (χ2n) is 4.12. The molecule has 0 aliphatic carbocycles. The molecule has 0 fully saturated rings. The molecule has 0 unspecified atom stereocenters. The summed E-state index contributed by atoms with van der Waals surface area (Å²) < 4.78 is 1.93. The van der Waals surface area contributed by atoms with Crippen LogP contribution in [-0.4, -0.2) is 27.7 Å². The highest BCUT2D eigenvalue weighted by molar-refractivity contribution is 7.98. The van der Waals surface area contributed by atoms with Crippen LogP contribution in [0, 0.1) is 0 Å². The molecule has 0 spiro atoms. The number of anilines is 1. The predicted molar refractivity (Wildman–Crippen MR) is 79.8 cm³/mol. The zero-order valence-corrected chi connectivity index (χ0v) is 11.6. The molecule has 0 saturated carbocycles. The van der Waals surface area contributed by atoms with Crippen LogP contribution >= 0.6 is 11.8 Å². The van der Waals surface area contributed by atoms with E-state index in [9.17, 15) is 0 Å². The third kappa shape index (κ3) is 2.29. The highest BCUT2D eigenvalue weighted by atomic mass is 32.2. The summed E-state index contributed by atoms with van der Waals surface area (Å²) in [5, 5.41) is 3.02. The molecule has 96 valence electrons. The zero-order valence-electron chi connectivity index (χ0n) is 10.8. The van der Waals surface area contributed by atoms with Gasteiger partial charge in [0.15, 0.2) is 0 Å². The van der Waals surface area contributed by atoms with Crippen molar-refractivity contribution in [3.8, 4) is 11.3 Å². The molecule has 4 nitrogen and oxygen atoms in total. The van der Waals surface area contributed by atoms with Gasteiger partial charge in [0, 0.05) is 29.9 Å². The predicted octanol–water partition coefficient (Wildman–Crippen LogP) is 3.16. The molecular weight excluding hydrogens is 256 g/mol. The maximum Gasteiger partial charge on any atom is 0.236 e. The number of nitrogens with zero attached hydrogens (tertiary/aromatic N) is 3. The number of aromatic nitrogens is 3. The maximum absolute atomic E-state index is 4.55. The molecule has 0 saturated heterocycles. The molecule has 2 heterocycles. The van der Waals surface area contributed by atoms with Gasteiger partial charge in [0.2, 0.25) is 5.78 Å². The second-order valence-corrected chi connectivity index (χ2v) is 5.00. The molecule has 0 radical (unpaired) electrons. The Morgan fingerprint density at radius 3 is 2.58 bits per heavy atom. The minimum absolute atomic E-state index is 0.704. The lowest BCUT2D eigenvalue weighted by Crippen LogP contribution is -1.94. The molecule has 0 aliphatic heterocycles. The Morgan fingerprint density at radius 1 is 1.11 bits per heavy atom. The van der Waals surface area contributed by atoms with Crippen molar-refractivity contribution in [1.82, 2.24) is 14.4 Å². The molecule has 1 N–H and O–H groups in total. The van der Waals surface area contributed by atoms with Crippen molar-refractivity contribution in [2.45, 2.75) is 4.90 Å². The Balaban J connectivity index is 2.04.